The fraction of sp³-hybridized carbons (Fsp3) is 1.00. The van der Waals surface area contributed by atoms with Crippen molar-refractivity contribution in [2.75, 3.05) is 0 Å². The van der Waals surface area contributed by atoms with Crippen molar-refractivity contribution in [3.63, 3.8) is 0 Å². The predicted molar refractivity (Wildman–Crippen MR) is 29.6 cm³/mol. The molecule has 0 aromatic carbocycles. The van der Waals surface area contributed by atoms with Gasteiger partial charge in [0.2, 0.25) is 0 Å². The van der Waals surface area contributed by atoms with Gasteiger partial charge in [-0.2, -0.15) is 39.5 Å². The third kappa shape index (κ3) is 3.93. The highest BCUT2D eigenvalue weighted by Gasteiger charge is 2.63. The van der Waals surface area contributed by atoms with Gasteiger partial charge in [-0.1, -0.05) is 16.5 Å². The molecule has 0 fully saturated rings. The fourth-order valence-corrected chi connectivity index (χ4v) is 0.768. The van der Waals surface area contributed by atoms with Gasteiger partial charge in [0.1, 0.15) is 0 Å². The van der Waals surface area contributed by atoms with Gasteiger partial charge >= 0.3 is 18.8 Å². The van der Waals surface area contributed by atoms with Crippen LogP contribution in [0, 0.1) is 0 Å². The lowest BCUT2D eigenvalue weighted by Gasteiger charge is -2.31. The van der Waals surface area contributed by atoms with E-state index in [-0.39, 0.29) is 0 Å². The second-order valence-electron chi connectivity index (χ2n) is 2.18. The van der Waals surface area contributed by atoms with E-state index in [1.807, 2.05) is 0 Å². The van der Waals surface area contributed by atoms with E-state index in [1.54, 1.807) is 0 Å². The Hall–Kier alpha value is -0.380. The molecule has 11 heteroatoms. The zero-order chi connectivity index (χ0) is 12.7. The molecule has 0 aromatic rings. The Labute approximate surface area is 81.4 Å². The number of rotatable bonds is 1. The van der Waals surface area contributed by atoms with Gasteiger partial charge in [0.05, 0.1) is 0 Å². The van der Waals surface area contributed by atoms with Crippen LogP contribution in [-0.4, -0.2) is 29.2 Å². The summed E-state index contributed by atoms with van der Waals surface area (Å²) in [4.78, 5) is -2.73. The Balaban J connectivity index is 5.16. The molecule has 0 rings (SSSR count). The summed E-state index contributed by atoms with van der Waals surface area (Å²) in [5, 5.41) is 0. The smallest absolute Gasteiger partial charge is 0.168 e. The summed E-state index contributed by atoms with van der Waals surface area (Å²) < 4.78 is 104. The van der Waals surface area contributed by atoms with E-state index in [2.05, 4.69) is 11.6 Å². The van der Waals surface area contributed by atoms with Crippen LogP contribution in [0.15, 0.2) is 0 Å². The molecule has 15 heavy (non-hydrogen) atoms. The molecule has 0 heterocycles. The monoisotopic (exact) mass is 269 g/mol. The summed E-state index contributed by atoms with van der Waals surface area (Å²) in [6.45, 7) is 0. The summed E-state index contributed by atoms with van der Waals surface area (Å²) in [5.41, 5.74) is -4.21. The van der Waals surface area contributed by atoms with Crippen molar-refractivity contribution in [2.24, 2.45) is 0 Å². The first-order chi connectivity index (χ1) is 6.28. The first-order valence-corrected chi connectivity index (χ1v) is 3.35. The van der Waals surface area contributed by atoms with Crippen molar-refractivity contribution in [3.8, 4) is 0 Å². The van der Waals surface area contributed by atoms with E-state index < -0.39 is 29.2 Å². The van der Waals surface area contributed by atoms with Gasteiger partial charge in [0.15, 0.2) is 5.50 Å². The van der Waals surface area contributed by atoms with E-state index in [9.17, 15) is 39.5 Å². The van der Waals surface area contributed by atoms with Crippen LogP contribution in [0.5, 0.6) is 0 Å². The van der Waals surface area contributed by atoms with Crippen LogP contribution in [0.2, 0.25) is 0 Å². The van der Waals surface area contributed by atoms with Crippen molar-refractivity contribution in [3.05, 3.63) is 0 Å². The first kappa shape index (κ1) is 14.6. The normalized spacial score (nSPS) is 17.0. The Morgan fingerprint density at radius 2 is 1.00 bits per heavy atom. The molecule has 1 nitrogen and oxygen atoms in total. The van der Waals surface area contributed by atoms with E-state index in [1.165, 1.54) is 0 Å². The lowest BCUT2D eigenvalue weighted by molar-refractivity contribution is -0.396. The summed E-state index contributed by atoms with van der Waals surface area (Å²) in [6.07, 6.45) is -18.4. The van der Waals surface area contributed by atoms with Gasteiger partial charge in [-0.3, -0.25) is 0 Å². The van der Waals surface area contributed by atoms with E-state index >= 15 is 0 Å². The van der Waals surface area contributed by atoms with E-state index in [0.717, 1.165) is 0 Å². The van der Waals surface area contributed by atoms with Crippen molar-refractivity contribution in [2.45, 2.75) is 24.3 Å². The van der Waals surface area contributed by atoms with Crippen LogP contribution in [-0.2, 0) is 0 Å². The molecule has 0 radical (unpaired) electrons. The maximum atomic E-state index is 11.6. The molecule has 0 N–H and O–H groups in total. The number of hydrogen-bond acceptors (Lipinski definition) is 1. The van der Waals surface area contributed by atoms with Crippen molar-refractivity contribution in [1.29, 1.82) is 0 Å². The fourth-order valence-electron chi connectivity index (χ4n) is 0.547. The molecule has 0 aliphatic rings. The van der Waals surface area contributed by atoms with Gasteiger partial charge in [-0.05, 0) is 0 Å². The number of halogens is 10. The molecular weight excluding hydrogens is 268 g/mol. The Kier molecular flexibility index (Phi) is 3.79. The largest absolute Gasteiger partial charge is 0.468 e. The third-order valence-electron chi connectivity index (χ3n) is 1.04. The van der Waals surface area contributed by atoms with Crippen LogP contribution in [0.25, 0.3) is 0 Å². The molecule has 0 spiro atoms. The summed E-state index contributed by atoms with van der Waals surface area (Å²) in [5.74, 6) is 0. The van der Waals surface area contributed by atoms with Crippen LogP contribution in [0.1, 0.15) is 0 Å². The minimum Gasteiger partial charge on any atom is -0.168 e. The zero-order valence-corrected chi connectivity index (χ0v) is 7.06. The molecule has 0 aliphatic carbocycles. The van der Waals surface area contributed by atoms with Crippen LogP contribution < -0.4 is 0 Å². The Bertz CT molecular complexity index is 200. The highest BCUT2D eigenvalue weighted by molar-refractivity contribution is 6.20. The predicted octanol–water partition coefficient (Wildman–Crippen LogP) is 3.46. The first-order valence-electron chi connectivity index (χ1n) is 2.91. The summed E-state index contributed by atoms with van der Waals surface area (Å²) in [7, 11) is 0. The highest BCUT2D eigenvalue weighted by Crippen LogP contribution is 2.41. The van der Waals surface area contributed by atoms with Gasteiger partial charge < -0.3 is 0 Å². The average molecular weight is 269 g/mol. The lowest BCUT2D eigenvalue weighted by Crippen LogP contribution is -2.56. The van der Waals surface area contributed by atoms with Crippen LogP contribution in [0.3, 0.4) is 0 Å². The number of hydrogen-bond donors (Lipinski definition) is 0. The molecule has 0 bridgehead atoms. The maximum Gasteiger partial charge on any atom is 0.468 e. The minimum absolute atomic E-state index is 2.73. The van der Waals surface area contributed by atoms with Gasteiger partial charge in [-0.25, -0.2) is 0 Å². The van der Waals surface area contributed by atoms with Crippen LogP contribution in [0.4, 0.5) is 39.5 Å². The van der Waals surface area contributed by atoms with Crippen molar-refractivity contribution < 1.29 is 39.5 Å². The molecule has 0 aliphatic heterocycles. The van der Waals surface area contributed by atoms with E-state index in [0.29, 0.717) is 0 Å². The Morgan fingerprint density at radius 1 is 0.733 bits per heavy atom. The van der Waals surface area contributed by atoms with Gasteiger partial charge in [0.25, 0.3) is 0 Å². The SMILES string of the molecule is FC(F)(F)C(Cl)N(C(F)(F)F)C(F)(F)F. The molecule has 1 unspecified atom stereocenters. The molecule has 0 aromatic heterocycles. The quantitative estimate of drug-likeness (QED) is 0.400. The molecular formula is C4HClF9N. The topological polar surface area (TPSA) is 3.24 Å². The van der Waals surface area contributed by atoms with Crippen LogP contribution >= 0.6 is 11.6 Å². The second kappa shape index (κ2) is 3.89. The zero-order valence-electron chi connectivity index (χ0n) is 6.30. The van der Waals surface area contributed by atoms with Gasteiger partial charge in [0, 0.05) is 0 Å². The molecule has 1 atom stereocenters. The molecule has 92 valence electrons. The highest BCUT2D eigenvalue weighted by atomic mass is 35.5. The van der Waals surface area contributed by atoms with E-state index in [4.69, 9.17) is 0 Å². The molecule has 0 saturated heterocycles. The number of alkyl halides is 10. The van der Waals surface area contributed by atoms with Crippen molar-refractivity contribution in [1.82, 2.24) is 4.90 Å². The summed E-state index contributed by atoms with van der Waals surface area (Å²) >= 11 is 4.05. The molecule has 0 amide bonds. The third-order valence-corrected chi connectivity index (χ3v) is 1.49. The lowest BCUT2D eigenvalue weighted by atomic mass is 10.5. The van der Waals surface area contributed by atoms with Gasteiger partial charge in [-0.15, -0.1) is 0 Å². The standard InChI is InChI=1S/C4HClF9N/c5-1(2(6,7)8)15(3(9,10)11)4(12,13)14/h1H. The second-order valence-corrected chi connectivity index (χ2v) is 2.60. The minimum atomic E-state index is -6.26. The van der Waals surface area contributed by atoms with Crippen molar-refractivity contribution >= 4 is 11.6 Å². The average Bonchev–Trinajstić information content (AvgIpc) is 1.76. The summed E-state index contributed by atoms with van der Waals surface area (Å²) in [6, 6.07) is 0. The molecule has 0 saturated carbocycles. The maximum absolute atomic E-state index is 11.6. The Morgan fingerprint density at radius 3 is 1.07 bits per heavy atom. The number of nitrogens with zero attached hydrogens (tertiary/aromatic N) is 1.